The van der Waals surface area contributed by atoms with Crippen LogP contribution >= 0.6 is 27.3 Å². The summed E-state index contributed by atoms with van der Waals surface area (Å²) in [6.45, 7) is 0. The lowest BCUT2D eigenvalue weighted by Gasteiger charge is -2.51. The number of hydrogen-bond acceptors (Lipinski definition) is 3. The van der Waals surface area contributed by atoms with Crippen LogP contribution in [-0.2, 0) is 4.79 Å². The van der Waals surface area contributed by atoms with Gasteiger partial charge in [-0.15, -0.1) is 11.3 Å². The third kappa shape index (κ3) is 2.83. The molecule has 16 heteroatoms. The molecule has 0 saturated heterocycles. The molecule has 0 radical (unpaired) electrons. The van der Waals surface area contributed by atoms with Crippen molar-refractivity contribution < 1.29 is 53.1 Å². The summed E-state index contributed by atoms with van der Waals surface area (Å²) in [6.07, 6.45) is 0. The highest BCUT2D eigenvalue weighted by Gasteiger charge is 3.02. The molecule has 3 nitrogen and oxygen atoms in total. The highest BCUT2D eigenvalue weighted by atomic mass is 79.9. The Kier molecular flexibility index (Phi) is 5.41. The number of halogens is 12. The first-order chi connectivity index (χ1) is 14.4. The normalized spacial score (nSPS) is 24.0. The lowest BCUT2D eigenvalue weighted by atomic mass is 9.71. The van der Waals surface area contributed by atoms with Gasteiger partial charge in [0.25, 0.3) is 5.91 Å². The van der Waals surface area contributed by atoms with Gasteiger partial charge in [0.2, 0.25) is 0 Å². The number of hydrogen-bond donors (Lipinski definition) is 1. The Balaban J connectivity index is 2.03. The first-order valence-corrected chi connectivity index (χ1v) is 9.64. The number of nitrogens with one attached hydrogen (secondary N) is 1. The molecular formula is C16H6BrF11N2OS. The SMILES string of the molecule is O=C(Nc1nc(-c2ccc(Br)cc2)cs1)C1(F)C(F)(F)C(F)(F)C(F)(F)C(F)(F)C1(F)F. The van der Waals surface area contributed by atoms with Crippen LogP contribution in [0.1, 0.15) is 0 Å². The van der Waals surface area contributed by atoms with E-state index in [2.05, 4.69) is 20.9 Å². The standard InChI is InChI=1S/C16H6BrF11N2OS/c17-7-3-1-6(2-4-7)8-5-32-10(29-8)30-9(31)11(18)12(19,20)14(23,24)16(27,28)15(25,26)13(11,21)22/h1-5H,(H,29,30,31). The first kappa shape index (κ1) is 24.7. The van der Waals surface area contributed by atoms with E-state index in [0.29, 0.717) is 21.4 Å². The maximum atomic E-state index is 14.7. The smallest absolute Gasteiger partial charge is 0.299 e. The molecule has 3 rings (SSSR count). The van der Waals surface area contributed by atoms with Gasteiger partial charge in [0.1, 0.15) is 0 Å². The summed E-state index contributed by atoms with van der Waals surface area (Å²) in [5.74, 6) is -40.0. The molecule has 176 valence electrons. The van der Waals surface area contributed by atoms with Gasteiger partial charge >= 0.3 is 35.3 Å². The summed E-state index contributed by atoms with van der Waals surface area (Å²) in [5.41, 5.74) is -6.49. The molecule has 1 amide bonds. The van der Waals surface area contributed by atoms with Crippen LogP contribution in [-0.4, -0.2) is 46.2 Å². The van der Waals surface area contributed by atoms with Crippen molar-refractivity contribution in [3.05, 3.63) is 34.1 Å². The molecule has 1 heterocycles. The molecule has 0 atom stereocenters. The quantitative estimate of drug-likeness (QED) is 0.439. The van der Waals surface area contributed by atoms with Gasteiger partial charge in [0.05, 0.1) is 5.69 Å². The number of nitrogens with zero attached hydrogens (tertiary/aromatic N) is 1. The number of thiazole rings is 1. The zero-order valence-corrected chi connectivity index (χ0v) is 17.1. The second kappa shape index (κ2) is 7.01. The number of amides is 1. The van der Waals surface area contributed by atoms with Gasteiger partial charge in [-0.1, -0.05) is 28.1 Å². The van der Waals surface area contributed by atoms with E-state index in [9.17, 15) is 53.1 Å². The van der Waals surface area contributed by atoms with E-state index in [1.165, 1.54) is 24.3 Å². The summed E-state index contributed by atoms with van der Waals surface area (Å²) in [4.78, 5) is 15.5. The number of carbonyl (C=O) groups excluding carboxylic acids is 1. The van der Waals surface area contributed by atoms with Crippen molar-refractivity contribution in [3.8, 4) is 11.3 Å². The molecule has 1 fully saturated rings. The van der Waals surface area contributed by atoms with Crippen molar-refractivity contribution in [3.63, 3.8) is 0 Å². The molecule has 1 N–H and O–H groups in total. The molecular weight excluding hydrogens is 557 g/mol. The van der Waals surface area contributed by atoms with Crippen LogP contribution in [0.25, 0.3) is 11.3 Å². The minimum atomic E-state index is -7.39. The summed E-state index contributed by atoms with van der Waals surface area (Å²) < 4.78 is 151. The minimum Gasteiger partial charge on any atom is -0.299 e. The number of benzene rings is 1. The average molecular weight is 563 g/mol. The van der Waals surface area contributed by atoms with Gasteiger partial charge in [0, 0.05) is 15.4 Å². The molecule has 0 bridgehead atoms. The van der Waals surface area contributed by atoms with Crippen LogP contribution in [0.4, 0.5) is 53.4 Å². The molecule has 1 aromatic carbocycles. The van der Waals surface area contributed by atoms with E-state index in [1.54, 1.807) is 0 Å². The third-order valence-electron chi connectivity index (χ3n) is 4.62. The fraction of sp³-hybridized carbons (Fsp3) is 0.375. The van der Waals surface area contributed by atoms with Crippen molar-refractivity contribution in [1.82, 2.24) is 4.98 Å². The number of carbonyl (C=O) groups is 1. The largest absolute Gasteiger partial charge is 0.384 e. The van der Waals surface area contributed by atoms with Gasteiger partial charge < -0.3 is 0 Å². The highest BCUT2D eigenvalue weighted by molar-refractivity contribution is 9.10. The monoisotopic (exact) mass is 562 g/mol. The van der Waals surface area contributed by atoms with Gasteiger partial charge in [-0.05, 0) is 12.1 Å². The summed E-state index contributed by atoms with van der Waals surface area (Å²) in [7, 11) is 0. The molecule has 0 spiro atoms. The Bertz CT molecular complexity index is 1020. The van der Waals surface area contributed by atoms with Crippen molar-refractivity contribution in [2.24, 2.45) is 0 Å². The van der Waals surface area contributed by atoms with E-state index >= 15 is 0 Å². The Morgan fingerprint density at radius 1 is 0.781 bits per heavy atom. The average Bonchev–Trinajstić information content (AvgIpc) is 3.14. The summed E-state index contributed by atoms with van der Waals surface area (Å²) >= 11 is 3.42. The van der Waals surface area contributed by atoms with Crippen LogP contribution in [0.5, 0.6) is 0 Å². The molecule has 32 heavy (non-hydrogen) atoms. The molecule has 0 aliphatic heterocycles. The fourth-order valence-electron chi connectivity index (χ4n) is 2.77. The van der Waals surface area contributed by atoms with E-state index < -0.39 is 46.3 Å². The lowest BCUT2D eigenvalue weighted by molar-refractivity contribution is -0.475. The zero-order valence-electron chi connectivity index (χ0n) is 14.7. The van der Waals surface area contributed by atoms with Crippen LogP contribution in [0.3, 0.4) is 0 Å². The number of anilines is 1. The first-order valence-electron chi connectivity index (χ1n) is 7.97. The van der Waals surface area contributed by atoms with E-state index in [0.717, 1.165) is 10.7 Å². The van der Waals surface area contributed by atoms with Crippen LogP contribution in [0, 0.1) is 0 Å². The summed E-state index contributed by atoms with van der Waals surface area (Å²) in [5, 5.41) is 1.15. The number of alkyl halides is 11. The molecule has 1 saturated carbocycles. The molecule has 1 aliphatic carbocycles. The number of aromatic nitrogens is 1. The van der Waals surface area contributed by atoms with E-state index in [1.807, 2.05) is 0 Å². The van der Waals surface area contributed by atoms with Crippen molar-refractivity contribution in [1.29, 1.82) is 0 Å². The second-order valence-electron chi connectivity index (χ2n) is 6.53. The van der Waals surface area contributed by atoms with E-state index in [-0.39, 0.29) is 5.69 Å². The molecule has 2 aromatic rings. The molecule has 1 aromatic heterocycles. The van der Waals surface area contributed by atoms with Crippen LogP contribution in [0.2, 0.25) is 0 Å². The Hall–Kier alpha value is -1.97. The van der Waals surface area contributed by atoms with Gasteiger partial charge in [0.15, 0.2) is 5.13 Å². The van der Waals surface area contributed by atoms with Crippen LogP contribution < -0.4 is 5.32 Å². The predicted molar refractivity (Wildman–Crippen MR) is 92.5 cm³/mol. The fourth-order valence-corrected chi connectivity index (χ4v) is 3.75. The second-order valence-corrected chi connectivity index (χ2v) is 8.30. The minimum absolute atomic E-state index is 0.0323. The van der Waals surface area contributed by atoms with Gasteiger partial charge in [-0.2, -0.15) is 43.9 Å². The van der Waals surface area contributed by atoms with Crippen LogP contribution in [0.15, 0.2) is 34.1 Å². The molecule has 1 aliphatic rings. The maximum Gasteiger partial charge on any atom is 0.384 e. The van der Waals surface area contributed by atoms with Gasteiger partial charge in [-0.3, -0.25) is 10.1 Å². The Morgan fingerprint density at radius 2 is 1.22 bits per heavy atom. The topological polar surface area (TPSA) is 42.0 Å². The predicted octanol–water partition coefficient (Wildman–Crippen LogP) is 6.41. The van der Waals surface area contributed by atoms with Crippen molar-refractivity contribution in [2.45, 2.75) is 35.3 Å². The third-order valence-corrected chi connectivity index (χ3v) is 5.91. The summed E-state index contributed by atoms with van der Waals surface area (Å²) in [6, 6.07) is 5.90. The highest BCUT2D eigenvalue weighted by Crippen LogP contribution is 2.69. The Morgan fingerprint density at radius 3 is 1.69 bits per heavy atom. The maximum absolute atomic E-state index is 14.7. The van der Waals surface area contributed by atoms with Crippen molar-refractivity contribution in [2.75, 3.05) is 5.32 Å². The van der Waals surface area contributed by atoms with Gasteiger partial charge in [-0.25, -0.2) is 9.37 Å². The van der Waals surface area contributed by atoms with E-state index in [4.69, 9.17) is 0 Å². The number of rotatable bonds is 3. The zero-order chi connectivity index (χ0) is 24.5. The van der Waals surface area contributed by atoms with Crippen molar-refractivity contribution >= 4 is 38.3 Å². The lowest BCUT2D eigenvalue weighted by Crippen LogP contribution is -2.86. The molecule has 0 unspecified atom stereocenters. The Labute approximate surface area is 182 Å².